The number of phenols is 1. The number of anilines is 1. The van der Waals surface area contributed by atoms with E-state index in [9.17, 15) is 9.90 Å². The molecular weight excluding hydrogens is 248 g/mol. The summed E-state index contributed by atoms with van der Waals surface area (Å²) in [5.41, 5.74) is 1.39. The number of amides is 2. The Morgan fingerprint density at radius 2 is 2.22 bits per heavy atom. The Morgan fingerprint density at radius 3 is 2.94 bits per heavy atom. The van der Waals surface area contributed by atoms with Crippen LogP contribution < -0.4 is 10.6 Å². The molecule has 0 bridgehead atoms. The fourth-order valence-corrected chi connectivity index (χ4v) is 2.14. The third-order valence-corrected chi connectivity index (χ3v) is 3.28. The Bertz CT molecular complexity index is 538. The number of hydrogen-bond acceptors (Lipinski definition) is 3. The standard InChI is InChI=1S/C13H14N2O2S/c1-9-4-5-12(16)11(7-9)15-13(17)14-8-10-3-2-6-18-10/h2-7,16H,8H2,1H3,(H2,14,15,17). The molecular formula is C13H14N2O2S. The van der Waals surface area contributed by atoms with Crippen molar-refractivity contribution in [1.82, 2.24) is 5.32 Å². The average molecular weight is 262 g/mol. The van der Waals surface area contributed by atoms with E-state index in [1.807, 2.05) is 24.4 Å². The number of carbonyl (C=O) groups is 1. The summed E-state index contributed by atoms with van der Waals surface area (Å²) in [6.45, 7) is 2.38. The number of phenolic OH excluding ortho intramolecular Hbond substituents is 1. The summed E-state index contributed by atoms with van der Waals surface area (Å²) in [5.74, 6) is 0.0619. The van der Waals surface area contributed by atoms with Crippen molar-refractivity contribution in [2.75, 3.05) is 5.32 Å². The molecule has 0 aliphatic heterocycles. The van der Waals surface area contributed by atoms with Crippen molar-refractivity contribution < 1.29 is 9.90 Å². The van der Waals surface area contributed by atoms with Gasteiger partial charge in [-0.1, -0.05) is 12.1 Å². The second-order valence-corrected chi connectivity index (χ2v) is 4.94. The van der Waals surface area contributed by atoms with E-state index in [0.29, 0.717) is 12.2 Å². The number of aryl methyl sites for hydroxylation is 1. The minimum absolute atomic E-state index is 0.0619. The molecule has 18 heavy (non-hydrogen) atoms. The Hall–Kier alpha value is -2.01. The van der Waals surface area contributed by atoms with E-state index in [1.54, 1.807) is 29.5 Å². The molecule has 0 atom stereocenters. The first-order chi connectivity index (χ1) is 8.65. The zero-order valence-corrected chi connectivity index (χ0v) is 10.8. The largest absolute Gasteiger partial charge is 0.506 e. The molecule has 0 saturated carbocycles. The van der Waals surface area contributed by atoms with E-state index in [-0.39, 0.29) is 11.8 Å². The molecule has 1 aromatic carbocycles. The van der Waals surface area contributed by atoms with Gasteiger partial charge in [-0.3, -0.25) is 0 Å². The lowest BCUT2D eigenvalue weighted by Gasteiger charge is -2.09. The number of urea groups is 1. The summed E-state index contributed by atoms with van der Waals surface area (Å²) in [6, 6.07) is 8.62. The lowest BCUT2D eigenvalue weighted by molar-refractivity contribution is 0.251. The summed E-state index contributed by atoms with van der Waals surface area (Å²) in [5, 5.41) is 16.9. The van der Waals surface area contributed by atoms with Gasteiger partial charge >= 0.3 is 6.03 Å². The number of benzene rings is 1. The molecule has 2 amide bonds. The normalized spacial score (nSPS) is 10.1. The average Bonchev–Trinajstić information content (AvgIpc) is 2.84. The van der Waals surface area contributed by atoms with Crippen LogP contribution in [0.3, 0.4) is 0 Å². The maximum Gasteiger partial charge on any atom is 0.319 e. The Kier molecular flexibility index (Phi) is 3.84. The van der Waals surface area contributed by atoms with Gasteiger partial charge in [-0.2, -0.15) is 0 Å². The molecule has 0 saturated heterocycles. The molecule has 0 spiro atoms. The maximum absolute atomic E-state index is 11.6. The monoisotopic (exact) mass is 262 g/mol. The van der Waals surface area contributed by atoms with Crippen molar-refractivity contribution in [3.8, 4) is 5.75 Å². The number of aromatic hydroxyl groups is 1. The van der Waals surface area contributed by atoms with E-state index < -0.39 is 0 Å². The lowest BCUT2D eigenvalue weighted by Crippen LogP contribution is -2.27. The maximum atomic E-state index is 11.6. The summed E-state index contributed by atoms with van der Waals surface area (Å²) in [4.78, 5) is 12.7. The van der Waals surface area contributed by atoms with Crippen LogP contribution in [-0.4, -0.2) is 11.1 Å². The lowest BCUT2D eigenvalue weighted by atomic mass is 10.2. The zero-order valence-electron chi connectivity index (χ0n) is 9.93. The summed E-state index contributed by atoms with van der Waals surface area (Å²) in [7, 11) is 0. The number of carbonyl (C=O) groups excluding carboxylic acids is 1. The third kappa shape index (κ3) is 3.24. The Morgan fingerprint density at radius 1 is 1.39 bits per heavy atom. The van der Waals surface area contributed by atoms with Gasteiger partial charge in [0.2, 0.25) is 0 Å². The van der Waals surface area contributed by atoms with Crippen LogP contribution >= 0.6 is 11.3 Å². The fourth-order valence-electron chi connectivity index (χ4n) is 1.50. The molecule has 0 aliphatic carbocycles. The summed E-state index contributed by atoms with van der Waals surface area (Å²) in [6.07, 6.45) is 0. The molecule has 0 fully saturated rings. The van der Waals surface area contributed by atoms with Crippen molar-refractivity contribution >= 4 is 23.1 Å². The third-order valence-electron chi connectivity index (χ3n) is 2.40. The van der Waals surface area contributed by atoms with Gasteiger partial charge in [0, 0.05) is 4.88 Å². The summed E-state index contributed by atoms with van der Waals surface area (Å²) < 4.78 is 0. The van der Waals surface area contributed by atoms with Crippen LogP contribution in [0.1, 0.15) is 10.4 Å². The van der Waals surface area contributed by atoms with Gasteiger partial charge in [-0.15, -0.1) is 11.3 Å². The predicted molar refractivity (Wildman–Crippen MR) is 73.0 cm³/mol. The molecule has 2 rings (SSSR count). The highest BCUT2D eigenvalue weighted by atomic mass is 32.1. The molecule has 0 unspecified atom stereocenters. The first kappa shape index (κ1) is 12.4. The van der Waals surface area contributed by atoms with E-state index in [4.69, 9.17) is 0 Å². The molecule has 0 aliphatic rings. The molecule has 1 heterocycles. The van der Waals surface area contributed by atoms with Crippen molar-refractivity contribution in [3.05, 3.63) is 46.2 Å². The van der Waals surface area contributed by atoms with Crippen molar-refractivity contribution in [1.29, 1.82) is 0 Å². The van der Waals surface area contributed by atoms with E-state index in [0.717, 1.165) is 10.4 Å². The number of nitrogens with one attached hydrogen (secondary N) is 2. The van der Waals surface area contributed by atoms with Crippen LogP contribution in [0.4, 0.5) is 10.5 Å². The minimum Gasteiger partial charge on any atom is -0.506 e. The van der Waals surface area contributed by atoms with Crippen LogP contribution in [0.25, 0.3) is 0 Å². The highest BCUT2D eigenvalue weighted by molar-refractivity contribution is 7.09. The van der Waals surface area contributed by atoms with Crippen LogP contribution in [0.5, 0.6) is 5.75 Å². The van der Waals surface area contributed by atoms with Crippen molar-refractivity contribution in [3.63, 3.8) is 0 Å². The molecule has 94 valence electrons. The van der Waals surface area contributed by atoms with Crippen molar-refractivity contribution in [2.24, 2.45) is 0 Å². The highest BCUT2D eigenvalue weighted by Gasteiger charge is 2.06. The van der Waals surface area contributed by atoms with Crippen LogP contribution in [0.15, 0.2) is 35.7 Å². The second kappa shape index (κ2) is 5.55. The first-order valence-electron chi connectivity index (χ1n) is 5.52. The fraction of sp³-hybridized carbons (Fsp3) is 0.154. The highest BCUT2D eigenvalue weighted by Crippen LogP contribution is 2.23. The van der Waals surface area contributed by atoms with Gasteiger partial charge in [-0.25, -0.2) is 4.79 Å². The minimum atomic E-state index is -0.329. The molecule has 5 heteroatoms. The number of rotatable bonds is 3. The van der Waals surface area contributed by atoms with Gasteiger partial charge in [0.05, 0.1) is 12.2 Å². The van der Waals surface area contributed by atoms with Crippen LogP contribution in [0.2, 0.25) is 0 Å². The van der Waals surface area contributed by atoms with Gasteiger partial charge in [0.15, 0.2) is 0 Å². The van der Waals surface area contributed by atoms with Gasteiger partial charge in [0.1, 0.15) is 5.75 Å². The molecule has 0 radical (unpaired) electrons. The predicted octanol–water partition coefficient (Wildman–Crippen LogP) is 3.08. The SMILES string of the molecule is Cc1ccc(O)c(NC(=O)NCc2cccs2)c1. The van der Waals surface area contributed by atoms with Gasteiger partial charge in [-0.05, 0) is 36.1 Å². The topological polar surface area (TPSA) is 61.4 Å². The van der Waals surface area contributed by atoms with Gasteiger partial charge in [0.25, 0.3) is 0 Å². The quantitative estimate of drug-likeness (QED) is 0.744. The first-order valence-corrected chi connectivity index (χ1v) is 6.40. The van der Waals surface area contributed by atoms with E-state index >= 15 is 0 Å². The Balaban J connectivity index is 1.92. The molecule has 2 aromatic rings. The van der Waals surface area contributed by atoms with Gasteiger partial charge < -0.3 is 15.7 Å². The number of hydrogen-bond donors (Lipinski definition) is 3. The summed E-state index contributed by atoms with van der Waals surface area (Å²) >= 11 is 1.58. The van der Waals surface area contributed by atoms with Crippen LogP contribution in [-0.2, 0) is 6.54 Å². The molecule has 4 nitrogen and oxygen atoms in total. The molecule has 1 aromatic heterocycles. The Labute approximate surface area is 109 Å². The van der Waals surface area contributed by atoms with E-state index in [2.05, 4.69) is 10.6 Å². The van der Waals surface area contributed by atoms with Crippen molar-refractivity contribution in [2.45, 2.75) is 13.5 Å². The second-order valence-electron chi connectivity index (χ2n) is 3.91. The smallest absolute Gasteiger partial charge is 0.319 e. The van der Waals surface area contributed by atoms with Crippen LogP contribution in [0, 0.1) is 6.92 Å². The number of thiophene rings is 1. The molecule has 3 N–H and O–H groups in total. The zero-order chi connectivity index (χ0) is 13.0. The van der Waals surface area contributed by atoms with E-state index in [1.165, 1.54) is 0 Å².